The van der Waals surface area contributed by atoms with Gasteiger partial charge in [0.15, 0.2) is 0 Å². The van der Waals surface area contributed by atoms with Gasteiger partial charge in [0.2, 0.25) is 0 Å². The van der Waals surface area contributed by atoms with Crippen LogP contribution in [-0.4, -0.2) is 13.2 Å². The van der Waals surface area contributed by atoms with Gasteiger partial charge in [0.25, 0.3) is 0 Å². The summed E-state index contributed by atoms with van der Waals surface area (Å²) >= 11 is 6.60. The molecule has 1 aromatic carbocycles. The molecule has 0 amide bonds. The lowest BCUT2D eigenvalue weighted by atomic mass is 9.82. The highest BCUT2D eigenvalue weighted by Gasteiger charge is 2.27. The molecule has 0 radical (unpaired) electrons. The van der Waals surface area contributed by atoms with Gasteiger partial charge in [-0.1, -0.05) is 38.1 Å². The van der Waals surface area contributed by atoms with Crippen LogP contribution in [0.3, 0.4) is 0 Å². The fraction of sp³-hybridized carbons (Fsp3) is 0.625. The van der Waals surface area contributed by atoms with Gasteiger partial charge in [0.1, 0.15) is 0 Å². The van der Waals surface area contributed by atoms with Crippen molar-refractivity contribution in [3.63, 3.8) is 0 Å². The van der Waals surface area contributed by atoms with Crippen molar-refractivity contribution in [2.75, 3.05) is 13.2 Å². The smallest absolute Gasteiger partial charge is 0.0617 e. The van der Waals surface area contributed by atoms with E-state index < -0.39 is 0 Å². The summed E-state index contributed by atoms with van der Waals surface area (Å²) < 4.78 is 5.68. The number of halogens is 1. The second-order valence-electron chi connectivity index (χ2n) is 5.66. The Kier molecular flexibility index (Phi) is 5.08. The van der Waals surface area contributed by atoms with Crippen molar-refractivity contribution >= 4 is 11.6 Å². The second kappa shape index (κ2) is 6.58. The minimum Gasteiger partial charge on any atom is -0.381 e. The van der Waals surface area contributed by atoms with Crippen molar-refractivity contribution < 1.29 is 4.74 Å². The zero-order valence-corrected chi connectivity index (χ0v) is 12.1. The van der Waals surface area contributed by atoms with E-state index in [0.717, 1.165) is 26.1 Å². The summed E-state index contributed by atoms with van der Waals surface area (Å²) in [5.41, 5.74) is 2.76. The molecule has 0 bridgehead atoms. The lowest BCUT2D eigenvalue weighted by Gasteiger charge is -2.29. The highest BCUT2D eigenvalue weighted by Crippen LogP contribution is 2.40. The molecule has 0 saturated carbocycles. The van der Waals surface area contributed by atoms with Crippen LogP contribution in [-0.2, 0) is 11.2 Å². The van der Waals surface area contributed by atoms with Gasteiger partial charge in [-0.15, -0.1) is 11.6 Å². The van der Waals surface area contributed by atoms with Gasteiger partial charge in [0, 0.05) is 13.2 Å². The summed E-state index contributed by atoms with van der Waals surface area (Å²) in [4.78, 5) is 0. The summed E-state index contributed by atoms with van der Waals surface area (Å²) in [5, 5.41) is 0.164. The number of hydrogen-bond acceptors (Lipinski definition) is 1. The Bertz CT molecular complexity index is 375. The molecular weight excluding hydrogens is 244 g/mol. The maximum atomic E-state index is 6.60. The molecule has 2 unspecified atom stereocenters. The van der Waals surface area contributed by atoms with Crippen molar-refractivity contribution in [2.24, 2.45) is 11.8 Å². The highest BCUT2D eigenvalue weighted by atomic mass is 35.5. The fourth-order valence-electron chi connectivity index (χ4n) is 2.62. The summed E-state index contributed by atoms with van der Waals surface area (Å²) in [6.45, 7) is 6.06. The summed E-state index contributed by atoms with van der Waals surface area (Å²) in [6, 6.07) is 8.57. The van der Waals surface area contributed by atoms with Crippen molar-refractivity contribution in [3.05, 3.63) is 35.4 Å². The second-order valence-corrected chi connectivity index (χ2v) is 6.13. The number of benzene rings is 1. The Morgan fingerprint density at radius 1 is 1.33 bits per heavy atom. The van der Waals surface area contributed by atoms with Crippen LogP contribution in [0.5, 0.6) is 0 Å². The first-order chi connectivity index (χ1) is 8.68. The van der Waals surface area contributed by atoms with Gasteiger partial charge in [0.05, 0.1) is 5.38 Å². The summed E-state index contributed by atoms with van der Waals surface area (Å²) in [7, 11) is 0. The molecule has 0 aromatic heterocycles. The zero-order chi connectivity index (χ0) is 13.0. The number of hydrogen-bond donors (Lipinski definition) is 0. The lowest BCUT2D eigenvalue weighted by Crippen LogP contribution is -2.19. The molecule has 2 atom stereocenters. The summed E-state index contributed by atoms with van der Waals surface area (Å²) in [6.07, 6.45) is 3.43. The monoisotopic (exact) mass is 266 g/mol. The van der Waals surface area contributed by atoms with E-state index in [1.54, 1.807) is 0 Å². The molecule has 2 rings (SSSR count). The molecule has 0 fully saturated rings. The van der Waals surface area contributed by atoms with E-state index >= 15 is 0 Å². The predicted molar refractivity (Wildman–Crippen MR) is 77.1 cm³/mol. The largest absolute Gasteiger partial charge is 0.381 e. The van der Waals surface area contributed by atoms with Crippen molar-refractivity contribution in [1.29, 1.82) is 0 Å². The van der Waals surface area contributed by atoms with Crippen LogP contribution in [0.15, 0.2) is 24.3 Å². The van der Waals surface area contributed by atoms with Crippen LogP contribution in [0.2, 0.25) is 0 Å². The van der Waals surface area contributed by atoms with Crippen LogP contribution < -0.4 is 0 Å². The Labute approximate surface area is 115 Å². The maximum Gasteiger partial charge on any atom is 0.0617 e. The molecule has 1 aliphatic carbocycles. The average Bonchev–Trinajstić information content (AvgIpc) is 2.37. The average molecular weight is 267 g/mol. The van der Waals surface area contributed by atoms with Gasteiger partial charge < -0.3 is 4.74 Å². The standard InChI is InChI=1S/C16H23ClO/c1-12(2)11-18-10-9-14-8-7-13-5-3-4-6-15(13)16(14)17/h3-6,12,14,16H,7-11H2,1-2H3. The molecule has 0 saturated heterocycles. The quantitative estimate of drug-likeness (QED) is 0.559. The first-order valence-corrected chi connectivity index (χ1v) is 7.41. The molecule has 0 heterocycles. The SMILES string of the molecule is CC(C)COCCC1CCc2ccccc2C1Cl. The Morgan fingerprint density at radius 2 is 2.11 bits per heavy atom. The van der Waals surface area contributed by atoms with E-state index in [4.69, 9.17) is 16.3 Å². The Morgan fingerprint density at radius 3 is 2.89 bits per heavy atom. The highest BCUT2D eigenvalue weighted by molar-refractivity contribution is 6.21. The van der Waals surface area contributed by atoms with Crippen LogP contribution in [0.1, 0.15) is 43.2 Å². The summed E-state index contributed by atoms with van der Waals surface area (Å²) in [5.74, 6) is 1.18. The Balaban J connectivity index is 1.85. The third-order valence-electron chi connectivity index (χ3n) is 3.63. The van der Waals surface area contributed by atoms with E-state index in [-0.39, 0.29) is 5.38 Å². The Hall–Kier alpha value is -0.530. The number of rotatable bonds is 5. The topological polar surface area (TPSA) is 9.23 Å². The van der Waals surface area contributed by atoms with Crippen LogP contribution in [0, 0.1) is 11.8 Å². The van der Waals surface area contributed by atoms with Gasteiger partial charge >= 0.3 is 0 Å². The number of ether oxygens (including phenoxy) is 1. The van der Waals surface area contributed by atoms with Crippen LogP contribution in [0.4, 0.5) is 0 Å². The van der Waals surface area contributed by atoms with Crippen LogP contribution >= 0.6 is 11.6 Å². The lowest BCUT2D eigenvalue weighted by molar-refractivity contribution is 0.0956. The van der Waals surface area contributed by atoms with Gasteiger partial charge in [-0.2, -0.15) is 0 Å². The molecule has 2 heteroatoms. The fourth-order valence-corrected chi connectivity index (χ4v) is 3.08. The number of alkyl halides is 1. The molecule has 0 N–H and O–H groups in total. The third kappa shape index (κ3) is 3.49. The van der Waals surface area contributed by atoms with Crippen molar-refractivity contribution in [3.8, 4) is 0 Å². The first kappa shape index (κ1) is 13.9. The molecule has 18 heavy (non-hydrogen) atoms. The van der Waals surface area contributed by atoms with E-state index in [1.165, 1.54) is 17.5 Å². The molecule has 1 aliphatic rings. The van der Waals surface area contributed by atoms with E-state index in [9.17, 15) is 0 Å². The minimum atomic E-state index is 0.164. The van der Waals surface area contributed by atoms with E-state index in [2.05, 4.69) is 38.1 Å². The maximum absolute atomic E-state index is 6.60. The molecule has 0 aliphatic heterocycles. The van der Waals surface area contributed by atoms with Crippen molar-refractivity contribution in [1.82, 2.24) is 0 Å². The molecule has 100 valence electrons. The van der Waals surface area contributed by atoms with Crippen molar-refractivity contribution in [2.45, 2.75) is 38.5 Å². The number of aryl methyl sites for hydroxylation is 1. The minimum absolute atomic E-state index is 0.164. The predicted octanol–water partition coefficient (Wildman–Crippen LogP) is 4.59. The van der Waals surface area contributed by atoms with Gasteiger partial charge in [-0.3, -0.25) is 0 Å². The molecule has 1 nitrogen and oxygen atoms in total. The van der Waals surface area contributed by atoms with E-state index in [1.807, 2.05) is 0 Å². The first-order valence-electron chi connectivity index (χ1n) is 6.98. The third-order valence-corrected chi connectivity index (χ3v) is 4.23. The number of fused-ring (bicyclic) bond motifs is 1. The van der Waals surface area contributed by atoms with Gasteiger partial charge in [-0.05, 0) is 42.2 Å². The van der Waals surface area contributed by atoms with Crippen LogP contribution in [0.25, 0.3) is 0 Å². The molecule has 1 aromatic rings. The zero-order valence-electron chi connectivity index (χ0n) is 11.4. The molecular formula is C16H23ClO. The van der Waals surface area contributed by atoms with Gasteiger partial charge in [-0.25, -0.2) is 0 Å². The molecule has 0 spiro atoms. The van der Waals surface area contributed by atoms with E-state index in [0.29, 0.717) is 11.8 Å². The normalized spacial score (nSPS) is 23.1.